The molecule has 0 unspecified atom stereocenters. The molecule has 8 heteroatoms. The van der Waals surface area contributed by atoms with Crippen molar-refractivity contribution < 1.29 is 18.0 Å². The molecule has 2 aliphatic heterocycles. The summed E-state index contributed by atoms with van der Waals surface area (Å²) in [4.78, 5) is 16.5. The predicted octanol–water partition coefficient (Wildman–Crippen LogP) is 2.31. The van der Waals surface area contributed by atoms with Gasteiger partial charge in [-0.3, -0.25) is 9.79 Å². The molecule has 0 atom stereocenters. The summed E-state index contributed by atoms with van der Waals surface area (Å²) < 4.78 is 37.4. The molecule has 1 saturated heterocycles. The van der Waals surface area contributed by atoms with Gasteiger partial charge >= 0.3 is 3.93 Å². The third-order valence-corrected chi connectivity index (χ3v) is 4.59. The second-order valence-electron chi connectivity index (χ2n) is 5.39. The Morgan fingerprint density at radius 2 is 1.95 bits per heavy atom. The Morgan fingerprint density at radius 3 is 2.55 bits per heavy atom. The minimum absolute atomic E-state index is 0.0353. The number of amidine groups is 1. The van der Waals surface area contributed by atoms with Crippen molar-refractivity contribution in [3.63, 3.8) is 0 Å². The Labute approximate surface area is 138 Å². The summed E-state index contributed by atoms with van der Waals surface area (Å²) in [6.07, 6.45) is 1.07. The van der Waals surface area contributed by atoms with Gasteiger partial charge in [0.2, 0.25) is 0 Å². The largest absolute Gasteiger partial charge is 0.321 e. The fourth-order valence-corrected chi connectivity index (χ4v) is 3.04. The lowest BCUT2D eigenvalue weighted by molar-refractivity contribution is -0.124. The normalized spacial score (nSPS) is 20.9. The van der Waals surface area contributed by atoms with E-state index in [1.54, 1.807) is 0 Å². The van der Waals surface area contributed by atoms with Crippen LogP contribution in [0.1, 0.15) is 24.0 Å². The third-order valence-electron chi connectivity index (χ3n) is 3.96. The number of carbonyl (C=O) groups excluding carboxylic acids is 1. The van der Waals surface area contributed by atoms with E-state index in [0.717, 1.165) is 34.7 Å². The molecule has 2 aliphatic rings. The molecule has 0 radical (unpaired) electrons. The van der Waals surface area contributed by atoms with Gasteiger partial charge < -0.3 is 10.6 Å². The molecule has 1 spiro atoms. The van der Waals surface area contributed by atoms with Gasteiger partial charge in [0.15, 0.2) is 0 Å². The molecule has 2 heterocycles. The first-order valence-corrected chi connectivity index (χ1v) is 7.89. The first-order valence-electron chi connectivity index (χ1n) is 6.81. The molecule has 3 rings (SSSR count). The van der Waals surface area contributed by atoms with Crippen LogP contribution >= 0.6 is 22.6 Å². The third kappa shape index (κ3) is 2.73. The molecule has 1 aromatic carbocycles. The average Bonchev–Trinajstić information content (AvgIpc) is 2.75. The Balaban J connectivity index is 1.95. The maximum atomic E-state index is 14.1. The molecule has 1 amide bonds. The Hall–Kier alpha value is -1.16. The number of amides is 1. The highest BCUT2D eigenvalue weighted by Gasteiger charge is 2.44. The van der Waals surface area contributed by atoms with Gasteiger partial charge in [-0.2, -0.15) is 8.78 Å². The number of hydrogen-bond acceptors (Lipinski definition) is 3. The molecule has 0 aromatic heterocycles. The number of nitrogens with zero attached hydrogens (tertiary/aromatic N) is 1. The van der Waals surface area contributed by atoms with Crippen molar-refractivity contribution in [1.29, 1.82) is 0 Å². The zero-order valence-corrected chi connectivity index (χ0v) is 13.6. The standard InChI is InChI=1S/C14H13F3IN3O/c15-10-7-8(14(16,17)18)1-2-9(10)11-20-12(22)13(21-11)3-5-19-6-4-13/h1-2,7,19H,3-6H2,(H,20,21,22). The van der Waals surface area contributed by atoms with Gasteiger partial charge in [-0.15, -0.1) is 0 Å². The number of rotatable bonds is 2. The summed E-state index contributed by atoms with van der Waals surface area (Å²) in [5, 5.41) is 5.72. The SMILES string of the molecule is O=C1NC(c2ccc(C(F)(F)I)cc2F)=NC12CCNCC2. The molecular weight excluding hydrogens is 410 g/mol. The van der Waals surface area contributed by atoms with Crippen molar-refractivity contribution in [3.8, 4) is 0 Å². The van der Waals surface area contributed by atoms with Crippen molar-refractivity contribution in [2.75, 3.05) is 13.1 Å². The van der Waals surface area contributed by atoms with E-state index >= 15 is 0 Å². The number of hydrogen-bond donors (Lipinski definition) is 2. The van der Waals surface area contributed by atoms with E-state index in [1.807, 2.05) is 0 Å². The molecule has 0 aliphatic carbocycles. The fraction of sp³-hybridized carbons (Fsp3) is 0.429. The molecule has 0 saturated carbocycles. The van der Waals surface area contributed by atoms with E-state index in [0.29, 0.717) is 25.9 Å². The number of nitrogens with one attached hydrogen (secondary N) is 2. The molecule has 118 valence electrons. The van der Waals surface area contributed by atoms with Crippen LogP contribution in [0.4, 0.5) is 13.2 Å². The van der Waals surface area contributed by atoms with Crippen LogP contribution < -0.4 is 10.6 Å². The van der Waals surface area contributed by atoms with E-state index in [9.17, 15) is 18.0 Å². The van der Waals surface area contributed by atoms with E-state index in [4.69, 9.17) is 0 Å². The molecule has 2 N–H and O–H groups in total. The topological polar surface area (TPSA) is 53.5 Å². The van der Waals surface area contributed by atoms with E-state index < -0.39 is 20.8 Å². The smallest absolute Gasteiger partial charge is 0.317 e. The number of piperidine rings is 1. The Morgan fingerprint density at radius 1 is 1.27 bits per heavy atom. The first kappa shape index (κ1) is 15.7. The fourth-order valence-electron chi connectivity index (χ4n) is 2.71. The van der Waals surface area contributed by atoms with Crippen LogP contribution in [0.25, 0.3) is 0 Å². The highest BCUT2D eigenvalue weighted by molar-refractivity contribution is 14.1. The zero-order valence-electron chi connectivity index (χ0n) is 11.4. The van der Waals surface area contributed by atoms with Gasteiger partial charge in [-0.1, -0.05) is 6.07 Å². The van der Waals surface area contributed by atoms with Crippen LogP contribution in [0.3, 0.4) is 0 Å². The second-order valence-corrected chi connectivity index (χ2v) is 6.74. The lowest BCUT2D eigenvalue weighted by Crippen LogP contribution is -2.47. The summed E-state index contributed by atoms with van der Waals surface area (Å²) in [5.74, 6) is -0.960. The zero-order chi connectivity index (χ0) is 16.0. The maximum Gasteiger partial charge on any atom is 0.321 e. The van der Waals surface area contributed by atoms with Gasteiger partial charge in [0.05, 0.1) is 5.56 Å². The second kappa shape index (κ2) is 5.48. The summed E-state index contributed by atoms with van der Waals surface area (Å²) in [6, 6.07) is 3.16. The summed E-state index contributed by atoms with van der Waals surface area (Å²) in [6.45, 7) is 1.32. The lowest BCUT2D eigenvalue weighted by atomic mass is 9.89. The van der Waals surface area contributed by atoms with Crippen LogP contribution in [0.15, 0.2) is 23.2 Å². The molecule has 0 bridgehead atoms. The van der Waals surface area contributed by atoms with Gasteiger partial charge in [0, 0.05) is 28.2 Å². The highest BCUT2D eigenvalue weighted by atomic mass is 127. The molecular formula is C14H13F3IN3O. The van der Waals surface area contributed by atoms with Gasteiger partial charge in [-0.05, 0) is 38.1 Å². The summed E-state index contributed by atoms with van der Waals surface area (Å²) in [7, 11) is 0. The summed E-state index contributed by atoms with van der Waals surface area (Å²) in [5.41, 5.74) is -1.25. The van der Waals surface area contributed by atoms with Crippen molar-refractivity contribution in [1.82, 2.24) is 10.6 Å². The molecule has 1 fully saturated rings. The molecule has 1 aromatic rings. The van der Waals surface area contributed by atoms with Crippen molar-refractivity contribution in [2.24, 2.45) is 4.99 Å². The average molecular weight is 423 g/mol. The number of alkyl halides is 3. The van der Waals surface area contributed by atoms with Gasteiger partial charge in [-0.25, -0.2) is 4.39 Å². The van der Waals surface area contributed by atoms with Crippen LogP contribution in [-0.2, 0) is 8.72 Å². The molecule has 22 heavy (non-hydrogen) atoms. The van der Waals surface area contributed by atoms with E-state index in [2.05, 4.69) is 15.6 Å². The number of benzene rings is 1. The lowest BCUT2D eigenvalue weighted by Gasteiger charge is -2.28. The van der Waals surface area contributed by atoms with Crippen LogP contribution in [0.2, 0.25) is 0 Å². The number of aliphatic imine (C=N–C) groups is 1. The minimum atomic E-state index is -3.14. The van der Waals surface area contributed by atoms with Gasteiger partial charge in [0.1, 0.15) is 17.2 Å². The highest BCUT2D eigenvalue weighted by Crippen LogP contribution is 2.36. The predicted molar refractivity (Wildman–Crippen MR) is 83.8 cm³/mol. The summed E-state index contributed by atoms with van der Waals surface area (Å²) >= 11 is 0.946. The molecule has 4 nitrogen and oxygen atoms in total. The van der Waals surface area contributed by atoms with E-state index in [1.165, 1.54) is 6.07 Å². The first-order chi connectivity index (χ1) is 10.3. The quantitative estimate of drug-likeness (QED) is 0.567. The van der Waals surface area contributed by atoms with Crippen LogP contribution in [-0.4, -0.2) is 30.4 Å². The Bertz CT molecular complexity index is 651. The number of carbonyl (C=O) groups is 1. The van der Waals surface area contributed by atoms with Gasteiger partial charge in [0.25, 0.3) is 5.91 Å². The minimum Gasteiger partial charge on any atom is -0.317 e. The van der Waals surface area contributed by atoms with Crippen LogP contribution in [0, 0.1) is 5.82 Å². The van der Waals surface area contributed by atoms with Crippen molar-refractivity contribution in [2.45, 2.75) is 22.3 Å². The van der Waals surface area contributed by atoms with Crippen LogP contribution in [0.5, 0.6) is 0 Å². The van der Waals surface area contributed by atoms with Crippen molar-refractivity contribution >= 4 is 34.3 Å². The Kier molecular flexibility index (Phi) is 3.92. The maximum absolute atomic E-state index is 14.1. The van der Waals surface area contributed by atoms with E-state index in [-0.39, 0.29) is 17.3 Å². The number of halogens is 4. The van der Waals surface area contributed by atoms with Crippen molar-refractivity contribution in [3.05, 3.63) is 35.1 Å². The monoisotopic (exact) mass is 423 g/mol.